The van der Waals surface area contributed by atoms with E-state index in [0.717, 1.165) is 27.7 Å². The molecule has 2 aromatic rings. The van der Waals surface area contributed by atoms with E-state index in [1.165, 1.54) is 7.11 Å². The van der Waals surface area contributed by atoms with Gasteiger partial charge in [-0.25, -0.2) is 0 Å². The van der Waals surface area contributed by atoms with Gasteiger partial charge in [-0.2, -0.15) is 0 Å². The highest BCUT2D eigenvalue weighted by atomic mass is 16.5. The van der Waals surface area contributed by atoms with Crippen molar-refractivity contribution in [2.24, 2.45) is 0 Å². The second-order valence-corrected chi connectivity index (χ2v) is 4.20. The van der Waals surface area contributed by atoms with Crippen molar-refractivity contribution in [1.29, 1.82) is 0 Å². The van der Waals surface area contributed by atoms with E-state index in [4.69, 9.17) is 4.74 Å². The molecule has 0 unspecified atom stereocenters. The molecule has 1 aromatic carbocycles. The molecule has 0 spiro atoms. The first-order chi connectivity index (χ1) is 8.10. The average molecular weight is 229 g/mol. The van der Waals surface area contributed by atoms with Crippen molar-refractivity contribution < 1.29 is 9.53 Å². The highest BCUT2D eigenvalue weighted by molar-refractivity contribution is 5.86. The number of pyridine rings is 1. The molecule has 0 N–H and O–H groups in total. The summed E-state index contributed by atoms with van der Waals surface area (Å²) >= 11 is 0. The minimum Gasteiger partial charge on any atom is -0.469 e. The van der Waals surface area contributed by atoms with Gasteiger partial charge < -0.3 is 4.74 Å². The lowest BCUT2D eigenvalue weighted by Gasteiger charge is -2.07. The van der Waals surface area contributed by atoms with E-state index in [9.17, 15) is 4.79 Å². The molecule has 0 atom stereocenters. The van der Waals surface area contributed by atoms with E-state index >= 15 is 0 Å². The van der Waals surface area contributed by atoms with Gasteiger partial charge in [-0.1, -0.05) is 17.7 Å². The van der Waals surface area contributed by atoms with Crippen molar-refractivity contribution in [3.05, 3.63) is 41.1 Å². The van der Waals surface area contributed by atoms with Gasteiger partial charge in [-0.15, -0.1) is 0 Å². The van der Waals surface area contributed by atoms with Gasteiger partial charge in [0.1, 0.15) is 0 Å². The molecule has 0 amide bonds. The Labute approximate surface area is 100 Å². The molecule has 88 valence electrons. The quantitative estimate of drug-likeness (QED) is 0.743. The molecule has 0 saturated heterocycles. The zero-order chi connectivity index (χ0) is 12.4. The first-order valence-electron chi connectivity index (χ1n) is 5.54. The molecule has 0 aliphatic heterocycles. The van der Waals surface area contributed by atoms with Crippen molar-refractivity contribution in [2.45, 2.75) is 20.3 Å². The van der Waals surface area contributed by atoms with Gasteiger partial charge in [-0.3, -0.25) is 9.78 Å². The van der Waals surface area contributed by atoms with Crippen molar-refractivity contribution >= 4 is 16.9 Å². The Morgan fingerprint density at radius 2 is 2.06 bits per heavy atom. The zero-order valence-corrected chi connectivity index (χ0v) is 10.3. The summed E-state index contributed by atoms with van der Waals surface area (Å²) in [5, 5.41) is 1.06. The molecule has 3 heteroatoms. The summed E-state index contributed by atoms with van der Waals surface area (Å²) in [6, 6.07) is 8.07. The van der Waals surface area contributed by atoms with E-state index in [2.05, 4.69) is 11.1 Å². The third-order valence-electron chi connectivity index (χ3n) is 2.72. The van der Waals surface area contributed by atoms with Crippen LogP contribution in [-0.4, -0.2) is 18.1 Å². The monoisotopic (exact) mass is 229 g/mol. The first-order valence-corrected chi connectivity index (χ1v) is 5.54. The Morgan fingerprint density at radius 3 is 2.76 bits per heavy atom. The predicted octanol–water partition coefficient (Wildman–Crippen LogP) is 2.57. The van der Waals surface area contributed by atoms with Gasteiger partial charge >= 0.3 is 5.97 Å². The maximum Gasteiger partial charge on any atom is 0.310 e. The Hall–Kier alpha value is -1.90. The number of carbonyl (C=O) groups excluding carboxylic acids is 1. The standard InChI is InChI=1S/C14H15NO2/c1-9-6-11-5-4-10(2)15-14(11)12(7-9)8-13(16)17-3/h4-7H,8H2,1-3H3. The molecule has 0 aliphatic rings. The molecule has 3 nitrogen and oxygen atoms in total. The summed E-state index contributed by atoms with van der Waals surface area (Å²) in [7, 11) is 1.40. The highest BCUT2D eigenvalue weighted by Crippen LogP contribution is 2.20. The molecular formula is C14H15NO2. The number of fused-ring (bicyclic) bond motifs is 1. The Bertz CT molecular complexity index is 576. The van der Waals surface area contributed by atoms with Gasteiger partial charge in [0.2, 0.25) is 0 Å². The largest absolute Gasteiger partial charge is 0.469 e. The fourth-order valence-corrected chi connectivity index (χ4v) is 1.93. The maximum atomic E-state index is 11.4. The third kappa shape index (κ3) is 2.44. The van der Waals surface area contributed by atoms with E-state index in [0.29, 0.717) is 0 Å². The number of carbonyl (C=O) groups is 1. The third-order valence-corrected chi connectivity index (χ3v) is 2.72. The Morgan fingerprint density at radius 1 is 1.29 bits per heavy atom. The molecule has 0 fully saturated rings. The van der Waals surface area contributed by atoms with E-state index < -0.39 is 0 Å². The molecule has 2 rings (SSSR count). The minimum absolute atomic E-state index is 0.236. The predicted molar refractivity (Wildman–Crippen MR) is 66.9 cm³/mol. The average Bonchev–Trinajstić information content (AvgIpc) is 2.29. The number of methoxy groups -OCH3 is 1. The number of hydrogen-bond donors (Lipinski definition) is 0. The van der Waals surface area contributed by atoms with Gasteiger partial charge in [0.25, 0.3) is 0 Å². The second-order valence-electron chi connectivity index (χ2n) is 4.20. The SMILES string of the molecule is COC(=O)Cc1cc(C)cc2ccc(C)nc12. The van der Waals surface area contributed by atoms with Crippen molar-refractivity contribution in [3.8, 4) is 0 Å². The summed E-state index contributed by atoms with van der Waals surface area (Å²) in [6.45, 7) is 3.96. The number of rotatable bonds is 2. The molecular weight excluding hydrogens is 214 g/mol. The molecule has 1 aromatic heterocycles. The molecule has 0 bridgehead atoms. The highest BCUT2D eigenvalue weighted by Gasteiger charge is 2.09. The van der Waals surface area contributed by atoms with Crippen LogP contribution in [0.1, 0.15) is 16.8 Å². The van der Waals surface area contributed by atoms with Crippen LogP contribution in [0, 0.1) is 13.8 Å². The number of ether oxygens (including phenoxy) is 1. The fourth-order valence-electron chi connectivity index (χ4n) is 1.93. The van der Waals surface area contributed by atoms with Crippen LogP contribution < -0.4 is 0 Å². The summed E-state index contributed by atoms with van der Waals surface area (Å²) in [4.78, 5) is 15.9. The van der Waals surface area contributed by atoms with Crippen LogP contribution in [0.5, 0.6) is 0 Å². The minimum atomic E-state index is -0.236. The summed E-state index contributed by atoms with van der Waals surface area (Å²) in [5.41, 5.74) is 3.89. The first kappa shape index (κ1) is 11.6. The van der Waals surface area contributed by atoms with E-state index in [1.807, 2.05) is 32.0 Å². The second kappa shape index (κ2) is 4.53. The summed E-state index contributed by atoms with van der Waals surface area (Å²) < 4.78 is 4.71. The molecule has 0 aliphatic carbocycles. The van der Waals surface area contributed by atoms with Crippen molar-refractivity contribution in [3.63, 3.8) is 0 Å². The van der Waals surface area contributed by atoms with Crippen LogP contribution in [0.3, 0.4) is 0 Å². The maximum absolute atomic E-state index is 11.4. The lowest BCUT2D eigenvalue weighted by molar-refractivity contribution is -0.139. The number of aryl methyl sites for hydroxylation is 2. The van der Waals surface area contributed by atoms with Crippen molar-refractivity contribution in [1.82, 2.24) is 4.98 Å². The lowest BCUT2D eigenvalue weighted by atomic mass is 10.0. The Kier molecular flexibility index (Phi) is 3.09. The van der Waals surface area contributed by atoms with Crippen LogP contribution in [0.15, 0.2) is 24.3 Å². The molecule has 1 heterocycles. The van der Waals surface area contributed by atoms with Crippen LogP contribution in [0.25, 0.3) is 10.9 Å². The Balaban J connectivity index is 2.59. The number of aromatic nitrogens is 1. The topological polar surface area (TPSA) is 39.2 Å². The number of nitrogens with zero attached hydrogens (tertiary/aromatic N) is 1. The smallest absolute Gasteiger partial charge is 0.310 e. The number of benzene rings is 1. The van der Waals surface area contributed by atoms with E-state index in [1.54, 1.807) is 0 Å². The van der Waals surface area contributed by atoms with Crippen LogP contribution in [0.4, 0.5) is 0 Å². The van der Waals surface area contributed by atoms with Gasteiger partial charge in [-0.05, 0) is 31.5 Å². The van der Waals surface area contributed by atoms with Crippen LogP contribution in [-0.2, 0) is 16.0 Å². The molecule has 17 heavy (non-hydrogen) atoms. The van der Waals surface area contributed by atoms with Gasteiger partial charge in [0.15, 0.2) is 0 Å². The molecule has 0 saturated carbocycles. The summed E-state index contributed by atoms with van der Waals surface area (Å²) in [6.07, 6.45) is 0.269. The van der Waals surface area contributed by atoms with E-state index in [-0.39, 0.29) is 12.4 Å². The number of esters is 1. The normalized spacial score (nSPS) is 10.5. The fraction of sp³-hybridized carbons (Fsp3) is 0.286. The van der Waals surface area contributed by atoms with Gasteiger partial charge in [0, 0.05) is 11.1 Å². The zero-order valence-electron chi connectivity index (χ0n) is 10.3. The van der Waals surface area contributed by atoms with Crippen LogP contribution in [0.2, 0.25) is 0 Å². The van der Waals surface area contributed by atoms with Crippen molar-refractivity contribution in [2.75, 3.05) is 7.11 Å². The lowest BCUT2D eigenvalue weighted by Crippen LogP contribution is -2.06. The van der Waals surface area contributed by atoms with Crippen LogP contribution >= 0.6 is 0 Å². The summed E-state index contributed by atoms with van der Waals surface area (Å²) in [5.74, 6) is -0.236. The number of hydrogen-bond acceptors (Lipinski definition) is 3. The van der Waals surface area contributed by atoms with Gasteiger partial charge in [0.05, 0.1) is 19.0 Å². The molecule has 0 radical (unpaired) electrons.